The molecular formula is C10H19N3O2. The molecule has 0 aromatic carbocycles. The lowest BCUT2D eigenvalue weighted by Crippen LogP contribution is -2.57. The van der Waals surface area contributed by atoms with Crippen molar-refractivity contribution in [3.63, 3.8) is 0 Å². The molecule has 2 unspecified atom stereocenters. The first-order valence-corrected chi connectivity index (χ1v) is 5.68. The molecule has 2 rings (SSSR count). The lowest BCUT2D eigenvalue weighted by Gasteiger charge is -2.30. The molecule has 0 bridgehead atoms. The second-order valence-electron chi connectivity index (χ2n) is 4.22. The van der Waals surface area contributed by atoms with Gasteiger partial charge >= 0.3 is 0 Å². The van der Waals surface area contributed by atoms with Gasteiger partial charge in [-0.2, -0.15) is 0 Å². The number of rotatable bonds is 2. The second kappa shape index (κ2) is 4.92. The molecule has 1 amide bonds. The van der Waals surface area contributed by atoms with Crippen LogP contribution in [0.2, 0.25) is 0 Å². The third kappa shape index (κ3) is 2.30. The zero-order chi connectivity index (χ0) is 10.7. The average Bonchev–Trinajstić information content (AvgIpc) is 2.77. The molecule has 0 radical (unpaired) electrons. The molecule has 0 aliphatic carbocycles. The predicted octanol–water partition coefficient (Wildman–Crippen LogP) is -1.47. The monoisotopic (exact) mass is 213 g/mol. The molecule has 2 fully saturated rings. The Bertz CT molecular complexity index is 229. The Kier molecular flexibility index (Phi) is 3.56. The van der Waals surface area contributed by atoms with E-state index in [-0.39, 0.29) is 24.6 Å². The van der Waals surface area contributed by atoms with Gasteiger partial charge in [-0.05, 0) is 12.8 Å². The van der Waals surface area contributed by atoms with Crippen LogP contribution in [-0.2, 0) is 4.79 Å². The standard InChI is InChI=1S/C10H19N3O2/c14-7-8-2-1-5-13(8)10(15)9-6-11-3-4-12-9/h8-9,11-12,14H,1-7H2. The molecule has 0 aromatic rings. The van der Waals surface area contributed by atoms with Crippen LogP contribution >= 0.6 is 0 Å². The topological polar surface area (TPSA) is 64.6 Å². The molecule has 2 heterocycles. The molecule has 2 saturated heterocycles. The summed E-state index contributed by atoms with van der Waals surface area (Å²) < 4.78 is 0. The predicted molar refractivity (Wildman–Crippen MR) is 56.5 cm³/mol. The molecule has 5 heteroatoms. The van der Waals surface area contributed by atoms with E-state index < -0.39 is 0 Å². The van der Waals surface area contributed by atoms with Crippen molar-refractivity contribution in [3.05, 3.63) is 0 Å². The quantitative estimate of drug-likeness (QED) is 0.524. The SMILES string of the molecule is O=C(C1CNCCN1)N1CCCC1CO. The summed E-state index contributed by atoms with van der Waals surface area (Å²) in [5, 5.41) is 15.6. The number of nitrogens with one attached hydrogen (secondary N) is 2. The van der Waals surface area contributed by atoms with E-state index >= 15 is 0 Å². The van der Waals surface area contributed by atoms with Crippen LogP contribution in [0.25, 0.3) is 0 Å². The molecule has 0 aromatic heterocycles. The fraction of sp³-hybridized carbons (Fsp3) is 0.900. The lowest BCUT2D eigenvalue weighted by atomic mass is 10.2. The van der Waals surface area contributed by atoms with Gasteiger partial charge < -0.3 is 20.6 Å². The Balaban J connectivity index is 1.93. The Morgan fingerprint density at radius 1 is 1.47 bits per heavy atom. The van der Waals surface area contributed by atoms with Crippen LogP contribution in [0.1, 0.15) is 12.8 Å². The summed E-state index contributed by atoms with van der Waals surface area (Å²) in [6.45, 7) is 3.35. The van der Waals surface area contributed by atoms with Crippen molar-refractivity contribution in [2.75, 3.05) is 32.8 Å². The summed E-state index contributed by atoms with van der Waals surface area (Å²) in [5.41, 5.74) is 0. The number of hydrogen-bond acceptors (Lipinski definition) is 4. The number of amides is 1. The lowest BCUT2D eigenvalue weighted by molar-refractivity contribution is -0.135. The normalized spacial score (nSPS) is 31.9. The molecule has 86 valence electrons. The maximum Gasteiger partial charge on any atom is 0.241 e. The van der Waals surface area contributed by atoms with E-state index in [9.17, 15) is 4.79 Å². The maximum atomic E-state index is 12.1. The number of carbonyl (C=O) groups excluding carboxylic acids is 1. The third-order valence-electron chi connectivity index (χ3n) is 3.21. The summed E-state index contributed by atoms with van der Waals surface area (Å²) in [7, 11) is 0. The van der Waals surface area contributed by atoms with Crippen LogP contribution in [0.3, 0.4) is 0 Å². The van der Waals surface area contributed by atoms with E-state index in [4.69, 9.17) is 5.11 Å². The minimum Gasteiger partial charge on any atom is -0.394 e. The van der Waals surface area contributed by atoms with Gasteiger partial charge in [-0.25, -0.2) is 0 Å². The molecule has 2 atom stereocenters. The number of piperazine rings is 1. The smallest absolute Gasteiger partial charge is 0.241 e. The van der Waals surface area contributed by atoms with E-state index in [1.807, 2.05) is 4.90 Å². The van der Waals surface area contributed by atoms with Gasteiger partial charge in [-0.3, -0.25) is 4.79 Å². The van der Waals surface area contributed by atoms with Crippen molar-refractivity contribution in [2.45, 2.75) is 24.9 Å². The highest BCUT2D eigenvalue weighted by molar-refractivity contribution is 5.82. The summed E-state index contributed by atoms with van der Waals surface area (Å²) in [5.74, 6) is 0.138. The first-order valence-electron chi connectivity index (χ1n) is 5.68. The number of carbonyl (C=O) groups is 1. The number of aliphatic hydroxyl groups is 1. The number of aliphatic hydroxyl groups excluding tert-OH is 1. The molecule has 5 nitrogen and oxygen atoms in total. The van der Waals surface area contributed by atoms with Crippen molar-refractivity contribution in [3.8, 4) is 0 Å². The third-order valence-corrected chi connectivity index (χ3v) is 3.21. The molecule has 2 aliphatic rings. The van der Waals surface area contributed by atoms with Gasteiger partial charge in [0.1, 0.15) is 0 Å². The van der Waals surface area contributed by atoms with E-state index in [1.165, 1.54) is 0 Å². The highest BCUT2D eigenvalue weighted by Crippen LogP contribution is 2.17. The van der Waals surface area contributed by atoms with Crippen molar-refractivity contribution in [2.24, 2.45) is 0 Å². The molecule has 0 saturated carbocycles. The van der Waals surface area contributed by atoms with Gasteiger partial charge in [-0.1, -0.05) is 0 Å². The van der Waals surface area contributed by atoms with E-state index in [2.05, 4.69) is 10.6 Å². The van der Waals surface area contributed by atoms with E-state index in [1.54, 1.807) is 0 Å². The van der Waals surface area contributed by atoms with Crippen molar-refractivity contribution >= 4 is 5.91 Å². The summed E-state index contributed by atoms with van der Waals surface area (Å²) >= 11 is 0. The largest absolute Gasteiger partial charge is 0.394 e. The Morgan fingerprint density at radius 3 is 3.00 bits per heavy atom. The Labute approximate surface area is 89.8 Å². The van der Waals surface area contributed by atoms with Crippen molar-refractivity contribution < 1.29 is 9.90 Å². The fourth-order valence-electron chi connectivity index (χ4n) is 2.34. The minimum absolute atomic E-state index is 0.0428. The van der Waals surface area contributed by atoms with Crippen LogP contribution in [0.5, 0.6) is 0 Å². The molecule has 0 spiro atoms. The first kappa shape index (κ1) is 10.9. The minimum atomic E-state index is -0.106. The molecule has 15 heavy (non-hydrogen) atoms. The fourth-order valence-corrected chi connectivity index (χ4v) is 2.34. The second-order valence-corrected chi connectivity index (χ2v) is 4.22. The highest BCUT2D eigenvalue weighted by Gasteiger charge is 2.32. The molecule has 3 N–H and O–H groups in total. The average molecular weight is 213 g/mol. The summed E-state index contributed by atoms with van der Waals surface area (Å²) in [4.78, 5) is 13.9. The van der Waals surface area contributed by atoms with Crippen LogP contribution in [-0.4, -0.2) is 60.8 Å². The Hall–Kier alpha value is -0.650. The highest BCUT2D eigenvalue weighted by atomic mass is 16.3. The van der Waals surface area contributed by atoms with Crippen molar-refractivity contribution in [1.29, 1.82) is 0 Å². The first-order chi connectivity index (χ1) is 7.33. The van der Waals surface area contributed by atoms with Gasteiger partial charge in [0.05, 0.1) is 18.7 Å². The van der Waals surface area contributed by atoms with Gasteiger partial charge in [0.25, 0.3) is 0 Å². The van der Waals surface area contributed by atoms with E-state index in [0.717, 1.165) is 32.5 Å². The summed E-state index contributed by atoms with van der Waals surface area (Å²) in [6.07, 6.45) is 1.94. The van der Waals surface area contributed by atoms with Crippen LogP contribution < -0.4 is 10.6 Å². The van der Waals surface area contributed by atoms with Gasteiger partial charge in [0, 0.05) is 26.2 Å². The van der Waals surface area contributed by atoms with E-state index in [0.29, 0.717) is 6.54 Å². The van der Waals surface area contributed by atoms with Crippen molar-refractivity contribution in [1.82, 2.24) is 15.5 Å². The summed E-state index contributed by atoms with van der Waals surface area (Å²) in [6, 6.07) is -0.0628. The number of likely N-dealkylation sites (tertiary alicyclic amines) is 1. The number of nitrogens with zero attached hydrogens (tertiary/aromatic N) is 1. The van der Waals surface area contributed by atoms with Gasteiger partial charge in [0.15, 0.2) is 0 Å². The Morgan fingerprint density at radius 2 is 2.33 bits per heavy atom. The van der Waals surface area contributed by atoms with Crippen LogP contribution in [0.15, 0.2) is 0 Å². The number of hydrogen-bond donors (Lipinski definition) is 3. The zero-order valence-electron chi connectivity index (χ0n) is 8.91. The van der Waals surface area contributed by atoms with Gasteiger partial charge in [-0.15, -0.1) is 0 Å². The molecule has 2 aliphatic heterocycles. The van der Waals surface area contributed by atoms with Crippen LogP contribution in [0.4, 0.5) is 0 Å². The zero-order valence-corrected chi connectivity index (χ0v) is 8.91. The maximum absolute atomic E-state index is 12.1. The molecular weight excluding hydrogens is 194 g/mol. The van der Waals surface area contributed by atoms with Crippen LogP contribution in [0, 0.1) is 0 Å². The van der Waals surface area contributed by atoms with Gasteiger partial charge in [0.2, 0.25) is 5.91 Å².